The molecule has 5 heteroatoms. The van der Waals surface area contributed by atoms with Gasteiger partial charge in [-0.05, 0) is 63.0 Å². The fourth-order valence-electron chi connectivity index (χ4n) is 4.28. The highest BCUT2D eigenvalue weighted by Gasteiger charge is 2.26. The van der Waals surface area contributed by atoms with E-state index in [2.05, 4.69) is 24.3 Å². The number of aldehydes is 1. The van der Waals surface area contributed by atoms with Crippen molar-refractivity contribution in [2.45, 2.75) is 0 Å². The lowest BCUT2D eigenvalue weighted by Gasteiger charge is -2.17. The number of allylic oxidation sites excluding steroid dienone is 1. The molecule has 0 amide bonds. The van der Waals surface area contributed by atoms with E-state index in [1.54, 1.807) is 6.07 Å². The van der Waals surface area contributed by atoms with Crippen LogP contribution in [0.25, 0.3) is 38.1 Å². The third kappa shape index (κ3) is 2.98. The van der Waals surface area contributed by atoms with Crippen LogP contribution in [0.1, 0.15) is 11.1 Å². The van der Waals surface area contributed by atoms with Gasteiger partial charge in [0.05, 0.1) is 31.4 Å². The zero-order valence-corrected chi connectivity index (χ0v) is 17.6. The van der Waals surface area contributed by atoms with Crippen molar-refractivity contribution in [3.63, 3.8) is 0 Å². The Morgan fingerprint density at radius 3 is 2.25 bits per heavy atom. The van der Waals surface area contributed by atoms with Crippen LogP contribution in [0.3, 0.4) is 0 Å². The molecule has 0 fully saturated rings. The first-order chi connectivity index (χ1) is 15.7. The van der Waals surface area contributed by atoms with Gasteiger partial charge < -0.3 is 19.0 Å². The second kappa shape index (κ2) is 7.78. The molecule has 4 aromatic carbocycles. The summed E-state index contributed by atoms with van der Waals surface area (Å²) in [6.45, 7) is 0. The quantitative estimate of drug-likeness (QED) is 0.210. The van der Waals surface area contributed by atoms with Crippen LogP contribution in [0.15, 0.2) is 77.4 Å². The van der Waals surface area contributed by atoms with E-state index in [0.717, 1.165) is 27.1 Å². The topological polar surface area (TPSA) is 68.9 Å². The predicted octanol–water partition coefficient (Wildman–Crippen LogP) is 6.09. The highest BCUT2D eigenvalue weighted by Crippen LogP contribution is 2.49. The van der Waals surface area contributed by atoms with Crippen LogP contribution in [0.2, 0.25) is 0 Å². The molecule has 1 heterocycles. The van der Waals surface area contributed by atoms with Crippen molar-refractivity contribution in [3.8, 4) is 17.2 Å². The Morgan fingerprint density at radius 2 is 1.56 bits per heavy atom. The summed E-state index contributed by atoms with van der Waals surface area (Å²) >= 11 is 0. The molecule has 0 saturated heterocycles. The van der Waals surface area contributed by atoms with Gasteiger partial charge in [-0.3, -0.25) is 4.79 Å². The molecule has 1 N–H and O–H groups in total. The molecular weight excluding hydrogens is 404 g/mol. The van der Waals surface area contributed by atoms with Crippen molar-refractivity contribution in [3.05, 3.63) is 84.1 Å². The number of methoxy groups -OCH3 is 2. The Morgan fingerprint density at radius 1 is 0.875 bits per heavy atom. The summed E-state index contributed by atoms with van der Waals surface area (Å²) in [5.41, 5.74) is 2.02. The molecule has 5 rings (SSSR count). The molecule has 5 aromatic rings. The van der Waals surface area contributed by atoms with Crippen LogP contribution in [-0.4, -0.2) is 25.6 Å². The van der Waals surface area contributed by atoms with Crippen molar-refractivity contribution >= 4 is 44.4 Å². The van der Waals surface area contributed by atoms with Crippen molar-refractivity contribution in [1.82, 2.24) is 0 Å². The second-order valence-electron chi connectivity index (χ2n) is 7.43. The predicted molar refractivity (Wildman–Crippen MR) is 126 cm³/mol. The zero-order valence-electron chi connectivity index (χ0n) is 17.6. The van der Waals surface area contributed by atoms with Crippen LogP contribution < -0.4 is 9.47 Å². The minimum atomic E-state index is -0.154. The summed E-state index contributed by atoms with van der Waals surface area (Å²) in [4.78, 5) is 11.6. The number of carbonyl (C=O) groups excluding carboxylic acids is 1. The normalized spacial score (nSPS) is 11.9. The Bertz CT molecular complexity index is 1520. The Hall–Kier alpha value is -4.25. The molecular formula is C27H20O5. The first kappa shape index (κ1) is 19.7. The minimum absolute atomic E-state index is 0.154. The maximum atomic E-state index is 11.6. The molecule has 0 bridgehead atoms. The second-order valence-corrected chi connectivity index (χ2v) is 7.43. The largest absolute Gasteiger partial charge is 0.504 e. The molecule has 0 aliphatic carbocycles. The van der Waals surface area contributed by atoms with E-state index in [0.29, 0.717) is 34.1 Å². The smallest absolute Gasteiger partial charge is 0.205 e. The molecule has 158 valence electrons. The maximum Gasteiger partial charge on any atom is 0.205 e. The Balaban J connectivity index is 1.79. The van der Waals surface area contributed by atoms with Gasteiger partial charge in [-0.15, -0.1) is 0 Å². The summed E-state index contributed by atoms with van der Waals surface area (Å²) in [6.07, 6.45) is 3.62. The molecule has 32 heavy (non-hydrogen) atoms. The molecule has 0 atom stereocenters. The fraction of sp³-hybridized carbons (Fsp3) is 0.0741. The van der Waals surface area contributed by atoms with Crippen LogP contribution in [-0.2, 0) is 4.79 Å². The van der Waals surface area contributed by atoms with Crippen LogP contribution >= 0.6 is 0 Å². The van der Waals surface area contributed by atoms with Gasteiger partial charge in [0.1, 0.15) is 12.0 Å². The third-order valence-electron chi connectivity index (χ3n) is 5.72. The van der Waals surface area contributed by atoms with Gasteiger partial charge in [0.15, 0.2) is 11.3 Å². The zero-order chi connectivity index (χ0) is 22.2. The summed E-state index contributed by atoms with van der Waals surface area (Å²) in [6, 6.07) is 20.1. The monoisotopic (exact) mass is 424 g/mol. The number of carbonyl (C=O) groups is 1. The van der Waals surface area contributed by atoms with Crippen molar-refractivity contribution in [2.75, 3.05) is 14.2 Å². The number of phenolic OH excluding ortho intramolecular Hbond substituents is 1. The average Bonchev–Trinajstić information content (AvgIpc) is 3.29. The van der Waals surface area contributed by atoms with Crippen LogP contribution in [0.4, 0.5) is 0 Å². The Kier molecular flexibility index (Phi) is 4.79. The maximum absolute atomic E-state index is 11.6. The summed E-state index contributed by atoms with van der Waals surface area (Å²) < 4.78 is 16.6. The highest BCUT2D eigenvalue weighted by atomic mass is 16.5. The molecule has 0 aliphatic rings. The van der Waals surface area contributed by atoms with E-state index < -0.39 is 0 Å². The van der Waals surface area contributed by atoms with Gasteiger partial charge in [-0.25, -0.2) is 0 Å². The van der Waals surface area contributed by atoms with Gasteiger partial charge in [0.2, 0.25) is 5.75 Å². The molecule has 0 unspecified atom stereocenters. The van der Waals surface area contributed by atoms with Crippen molar-refractivity contribution < 1.29 is 23.8 Å². The number of benzene rings is 4. The average molecular weight is 424 g/mol. The molecule has 1 aromatic heterocycles. The van der Waals surface area contributed by atoms with E-state index in [9.17, 15) is 9.90 Å². The van der Waals surface area contributed by atoms with E-state index in [4.69, 9.17) is 13.9 Å². The van der Waals surface area contributed by atoms with Crippen molar-refractivity contribution in [2.24, 2.45) is 0 Å². The summed E-state index contributed by atoms with van der Waals surface area (Å²) in [7, 11) is 2.97. The number of aromatic hydroxyl groups is 1. The van der Waals surface area contributed by atoms with Gasteiger partial charge >= 0.3 is 0 Å². The lowest BCUT2D eigenvalue weighted by atomic mass is 9.92. The summed E-state index contributed by atoms with van der Waals surface area (Å²) in [5.74, 6) is 0.432. The summed E-state index contributed by atoms with van der Waals surface area (Å²) in [5, 5.41) is 16.1. The number of fused-ring (bicyclic) bond motifs is 3. The molecule has 5 nitrogen and oxygen atoms in total. The highest BCUT2D eigenvalue weighted by molar-refractivity contribution is 6.05. The van der Waals surface area contributed by atoms with Crippen LogP contribution in [0.5, 0.6) is 17.2 Å². The SMILES string of the molecule is COc1c(C(=CC=O)c2ccc3cc4ccccc4cc3c2)c(O)c(OC)c2occc12. The Labute approximate surface area is 184 Å². The number of rotatable bonds is 5. The number of ether oxygens (including phenoxy) is 2. The van der Waals surface area contributed by atoms with Crippen LogP contribution in [0, 0.1) is 0 Å². The van der Waals surface area contributed by atoms with E-state index in [1.807, 2.05) is 30.3 Å². The minimum Gasteiger partial charge on any atom is -0.504 e. The van der Waals surface area contributed by atoms with Gasteiger partial charge in [0.25, 0.3) is 0 Å². The van der Waals surface area contributed by atoms with E-state index in [1.165, 1.54) is 26.6 Å². The number of hydrogen-bond donors (Lipinski definition) is 1. The molecule has 0 spiro atoms. The first-order valence-corrected chi connectivity index (χ1v) is 10.1. The molecule has 0 saturated carbocycles. The van der Waals surface area contributed by atoms with Gasteiger partial charge in [-0.1, -0.05) is 36.4 Å². The van der Waals surface area contributed by atoms with Crippen molar-refractivity contribution in [1.29, 1.82) is 0 Å². The van der Waals surface area contributed by atoms with Gasteiger partial charge in [-0.2, -0.15) is 0 Å². The molecule has 0 aliphatic heterocycles. The first-order valence-electron chi connectivity index (χ1n) is 10.1. The number of phenols is 1. The lowest BCUT2D eigenvalue weighted by molar-refractivity contribution is -0.104. The standard InChI is InChI=1S/C27H20O5/c1-30-25-22-10-12-32-26(22)27(31-2)24(29)23(25)21(9-11-28)19-8-7-18-13-16-5-3-4-6-17(16)14-20(18)15-19/h3-15,29H,1-2H3. The third-order valence-corrected chi connectivity index (χ3v) is 5.72. The molecule has 0 radical (unpaired) electrons. The fourth-order valence-corrected chi connectivity index (χ4v) is 4.28. The van der Waals surface area contributed by atoms with E-state index >= 15 is 0 Å². The van der Waals surface area contributed by atoms with E-state index in [-0.39, 0.29) is 11.5 Å². The lowest BCUT2D eigenvalue weighted by Crippen LogP contribution is -1.98. The van der Waals surface area contributed by atoms with Gasteiger partial charge in [0, 0.05) is 0 Å². The number of furan rings is 1. The number of hydrogen-bond acceptors (Lipinski definition) is 5.